The fourth-order valence-corrected chi connectivity index (χ4v) is 1.65. The molecule has 1 heterocycles. The number of nitrogen functional groups attached to an aromatic ring is 1. The average molecular weight is 217 g/mol. The zero-order valence-electron chi connectivity index (χ0n) is 9.38. The number of nitrogens with zero attached hydrogens (tertiary/aromatic N) is 2. The van der Waals surface area contributed by atoms with E-state index in [-0.39, 0.29) is 11.8 Å². The van der Waals surface area contributed by atoms with Crippen LogP contribution in [0.15, 0.2) is 30.3 Å². The van der Waals surface area contributed by atoms with Crippen LogP contribution in [0.25, 0.3) is 11.3 Å². The van der Waals surface area contributed by atoms with Gasteiger partial charge in [-0.1, -0.05) is 0 Å². The Morgan fingerprint density at radius 2 is 1.88 bits per heavy atom. The molecule has 2 rings (SSSR count). The van der Waals surface area contributed by atoms with Gasteiger partial charge in [0.25, 0.3) is 0 Å². The normalized spacial score (nSPS) is 10.9. The van der Waals surface area contributed by atoms with E-state index in [9.17, 15) is 5.11 Å². The summed E-state index contributed by atoms with van der Waals surface area (Å²) in [6.07, 6.45) is 0. The summed E-state index contributed by atoms with van der Waals surface area (Å²) in [5.74, 6) is 0.768. The van der Waals surface area contributed by atoms with E-state index in [0.29, 0.717) is 5.82 Å². The summed E-state index contributed by atoms with van der Waals surface area (Å²) in [5.41, 5.74) is 7.66. The molecule has 84 valence electrons. The molecule has 16 heavy (non-hydrogen) atoms. The number of benzene rings is 1. The maximum Gasteiger partial charge on any atom is 0.146 e. The van der Waals surface area contributed by atoms with Gasteiger partial charge in [-0.2, -0.15) is 5.10 Å². The molecule has 0 fully saturated rings. The van der Waals surface area contributed by atoms with Crippen molar-refractivity contribution in [2.24, 2.45) is 0 Å². The largest absolute Gasteiger partial charge is 0.508 e. The molecule has 2 aromatic rings. The molecule has 0 aliphatic carbocycles. The van der Waals surface area contributed by atoms with E-state index >= 15 is 0 Å². The highest BCUT2D eigenvalue weighted by Crippen LogP contribution is 2.25. The number of phenols is 1. The highest BCUT2D eigenvalue weighted by Gasteiger charge is 2.10. The lowest BCUT2D eigenvalue weighted by molar-refractivity contribution is 0.475. The van der Waals surface area contributed by atoms with Crippen molar-refractivity contribution in [3.8, 4) is 17.0 Å². The first-order valence-electron chi connectivity index (χ1n) is 5.22. The number of hydrogen-bond donors (Lipinski definition) is 2. The number of anilines is 1. The van der Waals surface area contributed by atoms with E-state index in [0.717, 1.165) is 11.3 Å². The van der Waals surface area contributed by atoms with Crippen molar-refractivity contribution >= 4 is 5.82 Å². The minimum atomic E-state index is 0.251. The predicted octanol–water partition coefficient (Wildman–Crippen LogP) is 2.42. The van der Waals surface area contributed by atoms with Gasteiger partial charge in [-0.3, -0.25) is 4.68 Å². The number of aromatic nitrogens is 2. The standard InChI is InChI=1S/C12H15N3O/c1-8(2)15-11(7-12(13)14-15)9-3-5-10(16)6-4-9/h3-8,16H,1-2H3,(H2,13,14). The molecule has 4 nitrogen and oxygen atoms in total. The van der Waals surface area contributed by atoms with Crippen molar-refractivity contribution < 1.29 is 5.11 Å². The molecule has 0 saturated carbocycles. The first-order chi connectivity index (χ1) is 7.58. The first-order valence-corrected chi connectivity index (χ1v) is 5.22. The van der Waals surface area contributed by atoms with Crippen LogP contribution in [0.5, 0.6) is 5.75 Å². The second kappa shape index (κ2) is 3.89. The molecule has 0 aliphatic rings. The van der Waals surface area contributed by atoms with Crippen molar-refractivity contribution in [2.45, 2.75) is 19.9 Å². The summed E-state index contributed by atoms with van der Waals surface area (Å²) >= 11 is 0. The minimum absolute atomic E-state index is 0.251. The average Bonchev–Trinajstić information content (AvgIpc) is 2.61. The van der Waals surface area contributed by atoms with Crippen molar-refractivity contribution in [1.29, 1.82) is 0 Å². The molecular weight excluding hydrogens is 202 g/mol. The van der Waals surface area contributed by atoms with Crippen molar-refractivity contribution in [2.75, 3.05) is 5.73 Å². The van der Waals surface area contributed by atoms with Crippen LogP contribution in [0.1, 0.15) is 19.9 Å². The second-order valence-corrected chi connectivity index (χ2v) is 4.04. The molecule has 0 spiro atoms. The van der Waals surface area contributed by atoms with Gasteiger partial charge in [0, 0.05) is 17.7 Å². The molecule has 1 aromatic carbocycles. The zero-order valence-corrected chi connectivity index (χ0v) is 9.38. The van der Waals surface area contributed by atoms with E-state index in [1.807, 2.05) is 22.9 Å². The van der Waals surface area contributed by atoms with Crippen LogP contribution in [0.4, 0.5) is 5.82 Å². The maximum atomic E-state index is 9.24. The van der Waals surface area contributed by atoms with E-state index in [1.54, 1.807) is 12.1 Å². The van der Waals surface area contributed by atoms with Crippen LogP contribution in [-0.2, 0) is 0 Å². The van der Waals surface area contributed by atoms with Crippen molar-refractivity contribution in [3.05, 3.63) is 30.3 Å². The topological polar surface area (TPSA) is 64.1 Å². The van der Waals surface area contributed by atoms with Crippen LogP contribution < -0.4 is 5.73 Å². The number of hydrogen-bond acceptors (Lipinski definition) is 3. The Morgan fingerprint density at radius 3 is 2.44 bits per heavy atom. The molecule has 0 atom stereocenters. The first kappa shape index (κ1) is 10.5. The summed E-state index contributed by atoms with van der Waals surface area (Å²) in [6, 6.07) is 9.11. The summed E-state index contributed by atoms with van der Waals surface area (Å²) < 4.78 is 1.88. The van der Waals surface area contributed by atoms with Gasteiger partial charge < -0.3 is 10.8 Å². The van der Waals surface area contributed by atoms with Crippen LogP contribution in [0.3, 0.4) is 0 Å². The summed E-state index contributed by atoms with van der Waals surface area (Å²) in [7, 11) is 0. The van der Waals surface area contributed by atoms with Gasteiger partial charge in [0.05, 0.1) is 5.69 Å². The third kappa shape index (κ3) is 1.86. The molecular formula is C12H15N3O. The van der Waals surface area contributed by atoms with Gasteiger partial charge in [0.15, 0.2) is 0 Å². The van der Waals surface area contributed by atoms with Crippen LogP contribution in [-0.4, -0.2) is 14.9 Å². The monoisotopic (exact) mass is 217 g/mol. The van der Waals surface area contributed by atoms with Gasteiger partial charge in [0.2, 0.25) is 0 Å². The van der Waals surface area contributed by atoms with Crippen LogP contribution in [0.2, 0.25) is 0 Å². The Labute approximate surface area is 94.3 Å². The Morgan fingerprint density at radius 1 is 1.25 bits per heavy atom. The van der Waals surface area contributed by atoms with Gasteiger partial charge in [-0.15, -0.1) is 0 Å². The number of phenolic OH excluding ortho intramolecular Hbond substituents is 1. The minimum Gasteiger partial charge on any atom is -0.508 e. The Hall–Kier alpha value is -1.97. The fraction of sp³-hybridized carbons (Fsp3) is 0.250. The predicted molar refractivity (Wildman–Crippen MR) is 64.1 cm³/mol. The lowest BCUT2D eigenvalue weighted by Gasteiger charge is -2.10. The van der Waals surface area contributed by atoms with Gasteiger partial charge >= 0.3 is 0 Å². The van der Waals surface area contributed by atoms with Crippen molar-refractivity contribution in [1.82, 2.24) is 9.78 Å². The summed E-state index contributed by atoms with van der Waals surface area (Å²) in [4.78, 5) is 0. The van der Waals surface area contributed by atoms with Crippen LogP contribution >= 0.6 is 0 Å². The zero-order chi connectivity index (χ0) is 11.7. The summed E-state index contributed by atoms with van der Waals surface area (Å²) in [6.45, 7) is 4.10. The second-order valence-electron chi connectivity index (χ2n) is 4.04. The SMILES string of the molecule is CC(C)n1nc(N)cc1-c1ccc(O)cc1. The summed E-state index contributed by atoms with van der Waals surface area (Å²) in [5, 5.41) is 13.5. The number of nitrogens with two attached hydrogens (primary N) is 1. The molecule has 4 heteroatoms. The van der Waals surface area contributed by atoms with E-state index < -0.39 is 0 Å². The Balaban J connectivity index is 2.50. The molecule has 0 bridgehead atoms. The molecule has 1 aromatic heterocycles. The lowest BCUT2D eigenvalue weighted by atomic mass is 10.1. The molecule has 0 aliphatic heterocycles. The fourth-order valence-electron chi connectivity index (χ4n) is 1.65. The Kier molecular flexibility index (Phi) is 2.56. The van der Waals surface area contributed by atoms with E-state index in [4.69, 9.17) is 5.73 Å². The van der Waals surface area contributed by atoms with Gasteiger partial charge in [0.1, 0.15) is 11.6 Å². The highest BCUT2D eigenvalue weighted by molar-refractivity contribution is 5.63. The maximum absolute atomic E-state index is 9.24. The third-order valence-corrected chi connectivity index (χ3v) is 2.41. The third-order valence-electron chi connectivity index (χ3n) is 2.41. The van der Waals surface area contributed by atoms with Gasteiger partial charge in [-0.25, -0.2) is 0 Å². The van der Waals surface area contributed by atoms with E-state index in [2.05, 4.69) is 18.9 Å². The quantitative estimate of drug-likeness (QED) is 0.812. The van der Waals surface area contributed by atoms with E-state index in [1.165, 1.54) is 0 Å². The molecule has 0 radical (unpaired) electrons. The molecule has 0 amide bonds. The number of rotatable bonds is 2. The Bertz CT molecular complexity index is 485. The molecule has 0 saturated heterocycles. The molecule has 0 unspecified atom stereocenters. The highest BCUT2D eigenvalue weighted by atomic mass is 16.3. The van der Waals surface area contributed by atoms with Crippen molar-refractivity contribution in [3.63, 3.8) is 0 Å². The van der Waals surface area contributed by atoms with Gasteiger partial charge in [-0.05, 0) is 38.1 Å². The van der Waals surface area contributed by atoms with Crippen LogP contribution in [0, 0.1) is 0 Å². The number of aromatic hydroxyl groups is 1. The smallest absolute Gasteiger partial charge is 0.146 e. The molecule has 3 N–H and O–H groups in total. The lowest BCUT2D eigenvalue weighted by Crippen LogP contribution is -2.05.